The molecule has 0 spiro atoms. The van der Waals surface area contributed by atoms with E-state index in [1.54, 1.807) is 0 Å². The van der Waals surface area contributed by atoms with Gasteiger partial charge in [0.1, 0.15) is 5.82 Å². The Kier molecular flexibility index (Phi) is 5.78. The number of anilines is 6. The van der Waals surface area contributed by atoms with Gasteiger partial charge < -0.3 is 14.7 Å². The molecular formula is C43H31N5. The van der Waals surface area contributed by atoms with Crippen LogP contribution in [0, 0.1) is 0 Å². The second kappa shape index (κ2) is 10.3. The Bertz CT molecular complexity index is 2530. The van der Waals surface area contributed by atoms with Crippen molar-refractivity contribution in [3.05, 3.63) is 158 Å². The van der Waals surface area contributed by atoms with Gasteiger partial charge in [0.05, 0.1) is 40.5 Å². The molecule has 5 nitrogen and oxygen atoms in total. The number of fused-ring (bicyclic) bond motifs is 9. The lowest BCUT2D eigenvalue weighted by Crippen LogP contribution is -2.24. The second-order valence-corrected chi connectivity index (χ2v) is 12.6. The molecule has 0 radical (unpaired) electrons. The molecule has 48 heavy (non-hydrogen) atoms. The first-order valence-corrected chi connectivity index (χ1v) is 16.4. The zero-order valence-electron chi connectivity index (χ0n) is 26.5. The largest absolute Gasteiger partial charge is 0.355 e. The summed E-state index contributed by atoms with van der Waals surface area (Å²) in [5.74, 6) is 0.907. The summed E-state index contributed by atoms with van der Waals surface area (Å²) in [5.41, 5.74) is 14.2. The van der Waals surface area contributed by atoms with Crippen LogP contribution in [-0.4, -0.2) is 23.3 Å². The van der Waals surface area contributed by atoms with Crippen LogP contribution < -0.4 is 14.7 Å². The predicted molar refractivity (Wildman–Crippen MR) is 200 cm³/mol. The molecule has 0 atom stereocenters. The van der Waals surface area contributed by atoms with Gasteiger partial charge in [-0.1, -0.05) is 91.0 Å². The van der Waals surface area contributed by atoms with E-state index in [4.69, 9.17) is 4.98 Å². The van der Waals surface area contributed by atoms with Crippen LogP contribution in [0.4, 0.5) is 34.1 Å². The highest BCUT2D eigenvalue weighted by atomic mass is 15.4. The maximum Gasteiger partial charge on any atom is 0.137 e. The molecule has 2 aromatic heterocycles. The van der Waals surface area contributed by atoms with Crippen molar-refractivity contribution in [1.29, 1.82) is 0 Å². The lowest BCUT2D eigenvalue weighted by Gasteiger charge is -2.29. The number of pyridine rings is 1. The average molecular weight is 618 g/mol. The molecule has 0 unspecified atom stereocenters. The third-order valence-corrected chi connectivity index (χ3v) is 9.92. The highest BCUT2D eigenvalue weighted by Gasteiger charge is 2.29. The van der Waals surface area contributed by atoms with Crippen molar-refractivity contribution in [3.63, 3.8) is 0 Å². The van der Waals surface area contributed by atoms with Gasteiger partial charge in [-0.15, -0.1) is 0 Å². The van der Waals surface area contributed by atoms with Crippen molar-refractivity contribution in [1.82, 2.24) is 9.55 Å². The number of hydrogen-bond acceptors (Lipinski definition) is 4. The third kappa shape index (κ3) is 3.88. The van der Waals surface area contributed by atoms with E-state index in [9.17, 15) is 0 Å². The van der Waals surface area contributed by atoms with E-state index < -0.39 is 0 Å². The SMILES string of the molecule is CN1CN(c2ccc3c(c2)N(c2ccc4c5ccccc5n(-c5ccccn5)c4c2)c2ccccc2-c2ccccc2-3)c2ccccc21. The van der Waals surface area contributed by atoms with Crippen molar-refractivity contribution in [3.8, 4) is 28.1 Å². The van der Waals surface area contributed by atoms with Crippen LogP contribution in [0.15, 0.2) is 158 Å². The number of aromatic nitrogens is 2. The van der Waals surface area contributed by atoms with Crippen LogP contribution in [0.1, 0.15) is 0 Å². The molecule has 0 N–H and O–H groups in total. The first-order chi connectivity index (χ1) is 23.7. The molecule has 5 heteroatoms. The number of rotatable bonds is 3. The minimum atomic E-state index is 0.793. The van der Waals surface area contributed by atoms with Gasteiger partial charge >= 0.3 is 0 Å². The van der Waals surface area contributed by atoms with Crippen LogP contribution in [0.25, 0.3) is 49.9 Å². The molecule has 0 fully saturated rings. The van der Waals surface area contributed by atoms with Crippen molar-refractivity contribution in [2.45, 2.75) is 0 Å². The Morgan fingerprint density at radius 1 is 0.479 bits per heavy atom. The second-order valence-electron chi connectivity index (χ2n) is 12.6. The average Bonchev–Trinajstić information content (AvgIpc) is 3.62. The minimum Gasteiger partial charge on any atom is -0.355 e. The van der Waals surface area contributed by atoms with Gasteiger partial charge in [0.2, 0.25) is 0 Å². The molecule has 0 aliphatic carbocycles. The van der Waals surface area contributed by atoms with Crippen LogP contribution >= 0.6 is 0 Å². The van der Waals surface area contributed by atoms with E-state index in [1.165, 1.54) is 44.4 Å². The summed E-state index contributed by atoms with van der Waals surface area (Å²) < 4.78 is 2.29. The van der Waals surface area contributed by atoms with Gasteiger partial charge in [-0.2, -0.15) is 0 Å². The molecule has 10 rings (SSSR count). The monoisotopic (exact) mass is 617 g/mol. The number of nitrogens with zero attached hydrogens (tertiary/aromatic N) is 5. The summed E-state index contributed by atoms with van der Waals surface area (Å²) in [7, 11) is 2.16. The van der Waals surface area contributed by atoms with E-state index >= 15 is 0 Å². The van der Waals surface area contributed by atoms with Crippen molar-refractivity contribution < 1.29 is 0 Å². The third-order valence-electron chi connectivity index (χ3n) is 9.92. The Morgan fingerprint density at radius 2 is 1.12 bits per heavy atom. The lowest BCUT2D eigenvalue weighted by atomic mass is 9.94. The molecule has 0 saturated heterocycles. The van der Waals surface area contributed by atoms with E-state index in [-0.39, 0.29) is 0 Å². The van der Waals surface area contributed by atoms with Crippen molar-refractivity contribution >= 4 is 55.9 Å². The van der Waals surface area contributed by atoms with Gasteiger partial charge in [-0.3, -0.25) is 4.57 Å². The van der Waals surface area contributed by atoms with E-state index in [0.717, 1.165) is 46.3 Å². The van der Waals surface area contributed by atoms with E-state index in [2.05, 4.69) is 172 Å². The summed E-state index contributed by atoms with van der Waals surface area (Å²) >= 11 is 0. The Hall–Kier alpha value is -6.33. The maximum absolute atomic E-state index is 4.80. The zero-order valence-corrected chi connectivity index (χ0v) is 26.5. The molecule has 6 aromatic carbocycles. The fourth-order valence-electron chi connectivity index (χ4n) is 7.79. The highest BCUT2D eigenvalue weighted by Crippen LogP contribution is 2.53. The van der Waals surface area contributed by atoms with Gasteiger partial charge in [-0.05, 0) is 71.8 Å². The van der Waals surface area contributed by atoms with Gasteiger partial charge in [0, 0.05) is 46.5 Å². The molecule has 4 heterocycles. The quantitative estimate of drug-likeness (QED) is 0.197. The smallest absolute Gasteiger partial charge is 0.137 e. The lowest BCUT2D eigenvalue weighted by molar-refractivity contribution is 0.950. The zero-order chi connectivity index (χ0) is 31.8. The van der Waals surface area contributed by atoms with Crippen LogP contribution in [0.5, 0.6) is 0 Å². The summed E-state index contributed by atoms with van der Waals surface area (Å²) in [6.45, 7) is 0.793. The summed E-state index contributed by atoms with van der Waals surface area (Å²) in [6.07, 6.45) is 1.87. The minimum absolute atomic E-state index is 0.793. The van der Waals surface area contributed by atoms with Crippen LogP contribution in [0.3, 0.4) is 0 Å². The summed E-state index contributed by atoms with van der Waals surface area (Å²) in [6, 6.07) is 54.9. The molecule has 0 bridgehead atoms. The summed E-state index contributed by atoms with van der Waals surface area (Å²) in [5, 5.41) is 2.42. The Labute approximate surface area is 279 Å². The van der Waals surface area contributed by atoms with Crippen LogP contribution in [0.2, 0.25) is 0 Å². The molecule has 2 aliphatic rings. The molecular weight excluding hydrogens is 587 g/mol. The maximum atomic E-state index is 4.80. The first kappa shape index (κ1) is 26.8. The topological polar surface area (TPSA) is 27.5 Å². The fourth-order valence-corrected chi connectivity index (χ4v) is 7.79. The standard InChI is InChI=1S/C43H31N5/c1-45-28-46(40-19-9-8-18-39(40)45)29-21-23-35-32-13-3-2-12-31(32)33-14-4-6-16-37(33)47(41(35)26-29)30-22-24-36-34-15-5-7-17-38(34)48(42(36)27-30)43-20-10-11-25-44-43/h2-27H,28H2,1H3. The highest BCUT2D eigenvalue weighted by molar-refractivity contribution is 6.11. The molecule has 8 aromatic rings. The predicted octanol–water partition coefficient (Wildman–Crippen LogP) is 10.8. The normalized spacial score (nSPS) is 13.3. The van der Waals surface area contributed by atoms with Gasteiger partial charge in [-0.25, -0.2) is 4.98 Å². The van der Waals surface area contributed by atoms with Crippen molar-refractivity contribution in [2.24, 2.45) is 0 Å². The number of hydrogen-bond donors (Lipinski definition) is 0. The number of benzene rings is 6. The van der Waals surface area contributed by atoms with E-state index in [0.29, 0.717) is 0 Å². The van der Waals surface area contributed by atoms with E-state index in [1.807, 2.05) is 12.3 Å². The fraction of sp³-hybridized carbons (Fsp3) is 0.0465. The molecule has 228 valence electrons. The molecule has 0 amide bonds. The van der Waals surface area contributed by atoms with Crippen molar-refractivity contribution in [2.75, 3.05) is 28.4 Å². The van der Waals surface area contributed by atoms with Gasteiger partial charge in [0.25, 0.3) is 0 Å². The van der Waals surface area contributed by atoms with Crippen LogP contribution in [-0.2, 0) is 0 Å². The first-order valence-electron chi connectivity index (χ1n) is 16.4. The Balaban J connectivity index is 1.26. The Morgan fingerprint density at radius 3 is 1.94 bits per heavy atom. The number of para-hydroxylation sites is 4. The van der Waals surface area contributed by atoms with Gasteiger partial charge in [0.15, 0.2) is 0 Å². The molecule has 0 saturated carbocycles. The summed E-state index contributed by atoms with van der Waals surface area (Å²) in [4.78, 5) is 12.0. The molecule has 2 aliphatic heterocycles.